The van der Waals surface area contributed by atoms with Gasteiger partial charge in [-0.05, 0) is 20.0 Å². The molecule has 1 unspecified atom stereocenters. The Bertz CT molecular complexity index is 376. The molecule has 18 heavy (non-hydrogen) atoms. The van der Waals surface area contributed by atoms with Crippen LogP contribution in [-0.2, 0) is 6.54 Å². The zero-order valence-electron chi connectivity index (χ0n) is 11.3. The summed E-state index contributed by atoms with van der Waals surface area (Å²) < 4.78 is 0. The lowest BCUT2D eigenvalue weighted by molar-refractivity contribution is 0.0926. The van der Waals surface area contributed by atoms with E-state index in [1.54, 1.807) is 5.38 Å². The fourth-order valence-electron chi connectivity index (χ4n) is 1.72. The van der Waals surface area contributed by atoms with Crippen molar-refractivity contribution in [3.05, 3.63) is 16.1 Å². The molecule has 1 aromatic heterocycles. The third-order valence-corrected chi connectivity index (χ3v) is 3.63. The van der Waals surface area contributed by atoms with Crippen LogP contribution in [0.5, 0.6) is 0 Å². The Morgan fingerprint density at radius 2 is 2.22 bits per heavy atom. The lowest BCUT2D eigenvalue weighted by atomic mass is 10.3. The van der Waals surface area contributed by atoms with Crippen LogP contribution in [0.1, 0.15) is 36.3 Å². The van der Waals surface area contributed by atoms with E-state index < -0.39 is 0 Å². The van der Waals surface area contributed by atoms with E-state index in [0.717, 1.165) is 24.6 Å². The molecule has 0 aliphatic heterocycles. The number of thiazole rings is 1. The first kappa shape index (κ1) is 15.1. The topological polar surface area (TPSA) is 71.2 Å². The van der Waals surface area contributed by atoms with Gasteiger partial charge in [-0.3, -0.25) is 4.79 Å². The highest BCUT2D eigenvalue weighted by Crippen LogP contribution is 2.08. The van der Waals surface area contributed by atoms with Gasteiger partial charge in [-0.2, -0.15) is 0 Å². The van der Waals surface area contributed by atoms with E-state index in [1.807, 2.05) is 6.92 Å². The number of carbonyl (C=O) groups is 1. The van der Waals surface area contributed by atoms with Gasteiger partial charge in [0.15, 0.2) is 0 Å². The van der Waals surface area contributed by atoms with Crippen molar-refractivity contribution in [1.82, 2.24) is 15.2 Å². The summed E-state index contributed by atoms with van der Waals surface area (Å²) in [5.74, 6) is -0.120. The summed E-state index contributed by atoms with van der Waals surface area (Å²) in [6, 6.07) is 0.112. The zero-order valence-corrected chi connectivity index (χ0v) is 12.1. The molecular formula is C12H22N4OS. The van der Waals surface area contributed by atoms with E-state index in [2.05, 4.69) is 29.0 Å². The molecule has 0 radical (unpaired) electrons. The number of hydrogen-bond donors (Lipinski definition) is 2. The van der Waals surface area contributed by atoms with Gasteiger partial charge in [0.2, 0.25) is 0 Å². The maximum atomic E-state index is 11.9. The molecule has 6 heteroatoms. The van der Waals surface area contributed by atoms with Crippen LogP contribution in [0.2, 0.25) is 0 Å². The monoisotopic (exact) mass is 270 g/mol. The van der Waals surface area contributed by atoms with Gasteiger partial charge in [-0.25, -0.2) is 4.98 Å². The summed E-state index contributed by atoms with van der Waals surface area (Å²) in [4.78, 5) is 18.4. The lowest BCUT2D eigenvalue weighted by Crippen LogP contribution is -2.42. The molecule has 1 amide bonds. The molecule has 0 aliphatic carbocycles. The molecule has 3 N–H and O–H groups in total. The molecule has 1 aromatic rings. The van der Waals surface area contributed by atoms with Crippen molar-refractivity contribution in [2.45, 2.75) is 33.4 Å². The average molecular weight is 270 g/mol. The Hall–Kier alpha value is -0.980. The molecule has 0 aliphatic rings. The number of amides is 1. The molecule has 0 bridgehead atoms. The van der Waals surface area contributed by atoms with Crippen LogP contribution in [-0.4, -0.2) is 41.5 Å². The summed E-state index contributed by atoms with van der Waals surface area (Å²) in [6.07, 6.45) is 0. The van der Waals surface area contributed by atoms with Crippen LogP contribution in [0.15, 0.2) is 5.38 Å². The smallest absolute Gasteiger partial charge is 0.271 e. The van der Waals surface area contributed by atoms with E-state index in [1.165, 1.54) is 11.3 Å². The van der Waals surface area contributed by atoms with E-state index in [9.17, 15) is 4.79 Å². The fraction of sp³-hybridized carbons (Fsp3) is 0.667. The highest BCUT2D eigenvalue weighted by atomic mass is 32.1. The van der Waals surface area contributed by atoms with Crippen molar-refractivity contribution >= 4 is 17.2 Å². The number of nitrogens with zero attached hydrogens (tertiary/aromatic N) is 2. The molecule has 0 saturated heterocycles. The maximum Gasteiger partial charge on any atom is 0.271 e. The molecule has 0 aromatic carbocycles. The third-order valence-electron chi connectivity index (χ3n) is 2.76. The quantitative estimate of drug-likeness (QED) is 0.777. The predicted octanol–water partition coefficient (Wildman–Crippen LogP) is 1.06. The Morgan fingerprint density at radius 3 is 2.72 bits per heavy atom. The van der Waals surface area contributed by atoms with Crippen molar-refractivity contribution in [2.75, 3.05) is 19.6 Å². The van der Waals surface area contributed by atoms with Gasteiger partial charge in [-0.15, -0.1) is 11.3 Å². The highest BCUT2D eigenvalue weighted by Gasteiger charge is 2.14. The van der Waals surface area contributed by atoms with Gasteiger partial charge in [-0.1, -0.05) is 13.8 Å². The Morgan fingerprint density at radius 1 is 1.56 bits per heavy atom. The minimum atomic E-state index is -0.120. The highest BCUT2D eigenvalue weighted by molar-refractivity contribution is 7.09. The van der Waals surface area contributed by atoms with Gasteiger partial charge in [0.1, 0.15) is 10.7 Å². The van der Waals surface area contributed by atoms with E-state index >= 15 is 0 Å². The van der Waals surface area contributed by atoms with E-state index in [-0.39, 0.29) is 11.9 Å². The molecule has 1 rings (SSSR count). The van der Waals surface area contributed by atoms with Crippen molar-refractivity contribution in [3.63, 3.8) is 0 Å². The number of nitrogens with one attached hydrogen (secondary N) is 1. The summed E-state index contributed by atoms with van der Waals surface area (Å²) in [6.45, 7) is 9.46. The summed E-state index contributed by atoms with van der Waals surface area (Å²) in [5, 5.41) is 5.50. The van der Waals surface area contributed by atoms with Crippen molar-refractivity contribution in [3.8, 4) is 0 Å². The molecule has 0 spiro atoms. The van der Waals surface area contributed by atoms with E-state index in [4.69, 9.17) is 5.73 Å². The number of nitrogens with two attached hydrogens (primary N) is 1. The summed E-state index contributed by atoms with van der Waals surface area (Å²) in [5.41, 5.74) is 5.94. The number of hydrogen-bond acceptors (Lipinski definition) is 5. The second kappa shape index (κ2) is 7.45. The molecule has 5 nitrogen and oxygen atoms in total. The molecule has 1 heterocycles. The largest absolute Gasteiger partial charge is 0.347 e. The molecule has 102 valence electrons. The summed E-state index contributed by atoms with van der Waals surface area (Å²) in [7, 11) is 0. The minimum Gasteiger partial charge on any atom is -0.347 e. The van der Waals surface area contributed by atoms with Crippen LogP contribution in [0.25, 0.3) is 0 Å². The van der Waals surface area contributed by atoms with E-state index in [0.29, 0.717) is 12.2 Å². The van der Waals surface area contributed by atoms with Crippen LogP contribution < -0.4 is 11.1 Å². The number of rotatable bonds is 7. The Kier molecular flexibility index (Phi) is 6.24. The third kappa shape index (κ3) is 4.36. The second-order valence-corrected chi connectivity index (χ2v) is 5.13. The lowest BCUT2D eigenvalue weighted by Gasteiger charge is -2.23. The number of carbonyl (C=O) groups excluding carboxylic acids is 1. The van der Waals surface area contributed by atoms with Crippen molar-refractivity contribution in [1.29, 1.82) is 0 Å². The number of likely N-dealkylation sites (N-methyl/N-ethyl adjacent to an activating group) is 1. The Labute approximate surface area is 112 Å². The second-order valence-electron chi connectivity index (χ2n) is 4.19. The number of aromatic nitrogens is 1. The van der Waals surface area contributed by atoms with Crippen molar-refractivity contribution in [2.24, 2.45) is 5.73 Å². The minimum absolute atomic E-state index is 0.112. The summed E-state index contributed by atoms with van der Waals surface area (Å²) >= 11 is 1.42. The average Bonchev–Trinajstić information content (AvgIpc) is 2.84. The first-order valence-corrected chi connectivity index (χ1v) is 7.16. The van der Waals surface area contributed by atoms with Gasteiger partial charge in [0.25, 0.3) is 5.91 Å². The Balaban J connectivity index is 2.48. The van der Waals surface area contributed by atoms with Gasteiger partial charge in [0.05, 0.1) is 0 Å². The molecular weight excluding hydrogens is 248 g/mol. The fourth-order valence-corrected chi connectivity index (χ4v) is 2.38. The van der Waals surface area contributed by atoms with Gasteiger partial charge >= 0.3 is 0 Å². The van der Waals surface area contributed by atoms with Crippen LogP contribution in [0.3, 0.4) is 0 Å². The molecule has 0 fully saturated rings. The van der Waals surface area contributed by atoms with Crippen molar-refractivity contribution < 1.29 is 4.79 Å². The normalized spacial score (nSPS) is 12.7. The SMILES string of the molecule is CCN(CC)CC(C)NC(=O)c1csc(CN)n1. The van der Waals surface area contributed by atoms with Gasteiger partial charge in [0, 0.05) is 24.5 Å². The van der Waals surface area contributed by atoms with Crippen LogP contribution >= 0.6 is 11.3 Å². The van der Waals surface area contributed by atoms with Crippen LogP contribution in [0, 0.1) is 0 Å². The van der Waals surface area contributed by atoms with Crippen LogP contribution in [0.4, 0.5) is 0 Å². The zero-order chi connectivity index (χ0) is 13.5. The molecule has 0 saturated carbocycles. The maximum absolute atomic E-state index is 11.9. The standard InChI is InChI=1S/C12H22N4OS/c1-4-16(5-2)7-9(3)14-12(17)10-8-18-11(6-13)15-10/h8-9H,4-7,13H2,1-3H3,(H,14,17). The molecule has 1 atom stereocenters. The predicted molar refractivity (Wildman–Crippen MR) is 74.7 cm³/mol. The first-order valence-electron chi connectivity index (χ1n) is 6.28. The van der Waals surface area contributed by atoms with Gasteiger partial charge < -0.3 is 16.0 Å². The first-order chi connectivity index (χ1) is 8.60.